The normalized spacial score (nSPS) is 20.3. The fourth-order valence-electron chi connectivity index (χ4n) is 4.44. The molecule has 6 heteroatoms. The molecular weight excluding hydrogens is 392 g/mol. The number of fused-ring (bicyclic) bond motifs is 2. The van der Waals surface area contributed by atoms with E-state index in [1.54, 1.807) is 0 Å². The smallest absolute Gasteiger partial charge is 0.231 e. The predicted octanol–water partition coefficient (Wildman–Crippen LogP) is 3.40. The second-order valence-corrected chi connectivity index (χ2v) is 8.44. The van der Waals surface area contributed by atoms with E-state index in [4.69, 9.17) is 14.2 Å². The molecule has 0 aliphatic carbocycles. The molecule has 6 nitrogen and oxygen atoms in total. The van der Waals surface area contributed by atoms with Crippen LogP contribution in [0.3, 0.4) is 0 Å². The lowest BCUT2D eigenvalue weighted by molar-refractivity contribution is 0.0239. The summed E-state index contributed by atoms with van der Waals surface area (Å²) in [6.45, 7) is 10.9. The van der Waals surface area contributed by atoms with E-state index >= 15 is 0 Å². The lowest BCUT2D eigenvalue weighted by Gasteiger charge is -2.33. The van der Waals surface area contributed by atoms with Gasteiger partial charge in [0.2, 0.25) is 5.78 Å². The Balaban J connectivity index is 1.35. The number of carbonyl (C=O) groups excluding carboxylic acids is 1. The number of ketones is 1. The summed E-state index contributed by atoms with van der Waals surface area (Å²) in [7, 11) is 0. The van der Waals surface area contributed by atoms with Gasteiger partial charge in [-0.1, -0.05) is 24.3 Å². The zero-order valence-electron chi connectivity index (χ0n) is 18.1. The van der Waals surface area contributed by atoms with Crippen molar-refractivity contribution in [2.24, 2.45) is 0 Å². The summed E-state index contributed by atoms with van der Waals surface area (Å²) in [6.07, 6.45) is 1.84. The average molecular weight is 421 g/mol. The van der Waals surface area contributed by atoms with Crippen molar-refractivity contribution in [3.8, 4) is 11.5 Å². The molecule has 31 heavy (non-hydrogen) atoms. The maximum atomic E-state index is 13.1. The van der Waals surface area contributed by atoms with Gasteiger partial charge in [0.25, 0.3) is 0 Å². The van der Waals surface area contributed by atoms with Crippen LogP contribution in [0.1, 0.15) is 32.6 Å². The molecule has 0 bridgehead atoms. The Kier molecular flexibility index (Phi) is 5.52. The predicted molar refractivity (Wildman–Crippen MR) is 118 cm³/mol. The Morgan fingerprint density at radius 3 is 2.61 bits per heavy atom. The van der Waals surface area contributed by atoms with Crippen LogP contribution in [-0.2, 0) is 11.3 Å². The highest BCUT2D eigenvalue weighted by Crippen LogP contribution is 2.43. The lowest BCUT2D eigenvalue weighted by Crippen LogP contribution is -2.43. The molecule has 0 N–H and O–H groups in total. The van der Waals surface area contributed by atoms with Crippen molar-refractivity contribution in [3.63, 3.8) is 0 Å². The molecular formula is C25H28N2O4. The molecule has 0 spiro atoms. The molecule has 0 unspecified atom stereocenters. The number of nitrogens with zero attached hydrogens (tertiary/aromatic N) is 2. The Bertz CT molecular complexity index is 1040. The van der Waals surface area contributed by atoms with Crippen LogP contribution in [-0.4, -0.2) is 61.7 Å². The van der Waals surface area contributed by atoms with Crippen LogP contribution in [0.4, 0.5) is 0 Å². The van der Waals surface area contributed by atoms with Gasteiger partial charge in [-0.15, -0.1) is 0 Å². The van der Waals surface area contributed by atoms with Gasteiger partial charge in [0.15, 0.2) is 5.76 Å². The van der Waals surface area contributed by atoms with Crippen molar-refractivity contribution in [2.75, 3.05) is 46.1 Å². The molecule has 1 fully saturated rings. The van der Waals surface area contributed by atoms with Crippen LogP contribution in [0, 0.1) is 13.8 Å². The molecule has 0 atom stereocenters. The zero-order valence-corrected chi connectivity index (χ0v) is 18.1. The lowest BCUT2D eigenvalue weighted by atomic mass is 9.99. The Morgan fingerprint density at radius 2 is 1.81 bits per heavy atom. The van der Waals surface area contributed by atoms with Crippen molar-refractivity contribution in [3.05, 3.63) is 63.9 Å². The summed E-state index contributed by atoms with van der Waals surface area (Å²) in [5.74, 6) is 1.80. The SMILES string of the molecule is Cc1ccccc1/C=C1\Oc2c(cc3c(c2C)OCN(CCN2CCOCC2)C3)C1=O. The first-order chi connectivity index (χ1) is 15.1. The summed E-state index contributed by atoms with van der Waals surface area (Å²) in [5.41, 5.74) is 4.69. The average Bonchev–Trinajstić information content (AvgIpc) is 3.10. The number of carbonyl (C=O) groups is 1. The summed E-state index contributed by atoms with van der Waals surface area (Å²) >= 11 is 0. The number of allylic oxidation sites excluding steroid dienone is 1. The summed E-state index contributed by atoms with van der Waals surface area (Å²) in [5, 5.41) is 0. The third-order valence-corrected chi connectivity index (χ3v) is 6.31. The standard InChI is InChI=1S/C25H28N2O4/c1-17-5-3-4-6-19(17)14-22-23(28)21-13-20-15-27(8-7-26-9-11-29-12-10-26)16-30-24(20)18(2)25(21)31-22/h3-6,13-14H,7-12,15-16H2,1-2H3/b22-14-. The maximum Gasteiger partial charge on any atom is 0.231 e. The van der Waals surface area contributed by atoms with E-state index in [1.807, 2.05) is 50.3 Å². The highest BCUT2D eigenvalue weighted by atomic mass is 16.5. The summed E-state index contributed by atoms with van der Waals surface area (Å²) in [6, 6.07) is 9.94. The van der Waals surface area contributed by atoms with Gasteiger partial charge < -0.3 is 14.2 Å². The fourth-order valence-corrected chi connectivity index (χ4v) is 4.44. The van der Waals surface area contributed by atoms with Crippen LogP contribution >= 0.6 is 0 Å². The minimum absolute atomic E-state index is 0.0606. The fraction of sp³-hybridized carbons (Fsp3) is 0.400. The molecule has 1 saturated heterocycles. The minimum Gasteiger partial charge on any atom is -0.477 e. The number of morpholine rings is 1. The van der Waals surface area contributed by atoms with E-state index in [0.717, 1.165) is 73.9 Å². The topological polar surface area (TPSA) is 51.2 Å². The second-order valence-electron chi connectivity index (χ2n) is 8.44. The van der Waals surface area contributed by atoms with Crippen LogP contribution < -0.4 is 9.47 Å². The Morgan fingerprint density at radius 1 is 1.03 bits per heavy atom. The quantitative estimate of drug-likeness (QED) is 0.707. The molecule has 5 rings (SSSR count). The number of rotatable bonds is 4. The minimum atomic E-state index is -0.0606. The third-order valence-electron chi connectivity index (χ3n) is 6.31. The second kappa shape index (κ2) is 8.46. The van der Waals surface area contributed by atoms with Gasteiger partial charge in [-0.2, -0.15) is 0 Å². The maximum absolute atomic E-state index is 13.1. The number of Topliss-reactive ketones (excluding diaryl/α,β-unsaturated/α-hetero) is 1. The van der Waals surface area contributed by atoms with Gasteiger partial charge in [0, 0.05) is 43.9 Å². The van der Waals surface area contributed by atoms with E-state index in [-0.39, 0.29) is 5.78 Å². The number of hydrogen-bond acceptors (Lipinski definition) is 6. The van der Waals surface area contributed by atoms with Gasteiger partial charge in [-0.3, -0.25) is 14.6 Å². The van der Waals surface area contributed by atoms with Crippen LogP contribution in [0.15, 0.2) is 36.1 Å². The Labute approximate surface area is 183 Å². The number of aryl methyl sites for hydroxylation is 1. The van der Waals surface area contributed by atoms with Crippen molar-refractivity contribution >= 4 is 11.9 Å². The molecule has 0 radical (unpaired) electrons. The largest absolute Gasteiger partial charge is 0.477 e. The zero-order chi connectivity index (χ0) is 21.4. The van der Waals surface area contributed by atoms with Crippen LogP contribution in [0.25, 0.3) is 6.08 Å². The highest BCUT2D eigenvalue weighted by Gasteiger charge is 2.33. The molecule has 2 aromatic carbocycles. The molecule has 0 amide bonds. The van der Waals surface area contributed by atoms with Gasteiger partial charge in [-0.25, -0.2) is 0 Å². The van der Waals surface area contributed by atoms with Gasteiger partial charge in [-0.05, 0) is 37.1 Å². The van der Waals surface area contributed by atoms with E-state index in [2.05, 4.69) is 9.80 Å². The van der Waals surface area contributed by atoms with E-state index in [9.17, 15) is 4.79 Å². The van der Waals surface area contributed by atoms with Crippen molar-refractivity contribution in [1.29, 1.82) is 0 Å². The van der Waals surface area contributed by atoms with Gasteiger partial charge >= 0.3 is 0 Å². The van der Waals surface area contributed by atoms with E-state index < -0.39 is 0 Å². The highest BCUT2D eigenvalue weighted by molar-refractivity contribution is 6.15. The van der Waals surface area contributed by atoms with Gasteiger partial charge in [0.1, 0.15) is 18.2 Å². The van der Waals surface area contributed by atoms with E-state index in [0.29, 0.717) is 23.8 Å². The molecule has 2 aromatic rings. The van der Waals surface area contributed by atoms with Gasteiger partial charge in [0.05, 0.1) is 18.8 Å². The number of ether oxygens (including phenoxy) is 3. The summed E-state index contributed by atoms with van der Waals surface area (Å²) in [4.78, 5) is 17.8. The molecule has 162 valence electrons. The molecule has 0 aromatic heterocycles. The summed E-state index contributed by atoms with van der Waals surface area (Å²) < 4.78 is 17.6. The first kappa shape index (κ1) is 20.2. The molecule has 3 heterocycles. The molecule has 3 aliphatic rings. The van der Waals surface area contributed by atoms with Crippen molar-refractivity contribution < 1.29 is 19.0 Å². The monoisotopic (exact) mass is 420 g/mol. The van der Waals surface area contributed by atoms with Crippen LogP contribution in [0.5, 0.6) is 11.5 Å². The first-order valence-electron chi connectivity index (χ1n) is 10.9. The van der Waals surface area contributed by atoms with E-state index in [1.165, 1.54) is 0 Å². The Hall–Kier alpha value is -2.67. The third kappa shape index (κ3) is 3.99. The van der Waals surface area contributed by atoms with Crippen molar-refractivity contribution in [1.82, 2.24) is 9.80 Å². The van der Waals surface area contributed by atoms with Crippen LogP contribution in [0.2, 0.25) is 0 Å². The number of hydrogen-bond donors (Lipinski definition) is 0. The first-order valence-corrected chi connectivity index (χ1v) is 10.9. The molecule has 0 saturated carbocycles. The van der Waals surface area contributed by atoms with Crippen molar-refractivity contribution in [2.45, 2.75) is 20.4 Å². The number of benzene rings is 2. The molecule has 3 aliphatic heterocycles.